The van der Waals surface area contributed by atoms with E-state index in [-0.39, 0.29) is 11.7 Å². The Morgan fingerprint density at radius 3 is 2.75 bits per heavy atom. The number of amides is 1. The van der Waals surface area contributed by atoms with E-state index in [1.54, 1.807) is 37.4 Å². The quantitative estimate of drug-likeness (QED) is 0.746. The fourth-order valence-corrected chi connectivity index (χ4v) is 1.86. The normalized spacial score (nSPS) is 10.3. The summed E-state index contributed by atoms with van der Waals surface area (Å²) >= 11 is 0. The van der Waals surface area contributed by atoms with Crippen molar-refractivity contribution in [1.29, 1.82) is 0 Å². The van der Waals surface area contributed by atoms with Gasteiger partial charge in [-0.2, -0.15) is 0 Å². The number of aromatic hydroxyl groups is 1. The lowest BCUT2D eigenvalue weighted by Crippen LogP contribution is -2.14. The molecule has 0 aliphatic carbocycles. The number of nitrogens with two attached hydrogens (primary N) is 1. The number of carbonyl (C=O) groups is 1. The lowest BCUT2D eigenvalue weighted by atomic mass is 10.1. The second-order valence-corrected chi connectivity index (χ2v) is 4.65. The molecular weight excluding hydrogens is 254 g/mol. The Morgan fingerprint density at radius 2 is 2.05 bits per heavy atom. The summed E-state index contributed by atoms with van der Waals surface area (Å²) in [5.41, 5.74) is 8.87. The molecule has 1 amide bonds. The molecule has 0 saturated heterocycles. The molecule has 1 aromatic carbocycles. The Morgan fingerprint density at radius 1 is 1.30 bits per heavy atom. The van der Waals surface area contributed by atoms with Gasteiger partial charge in [0.05, 0.1) is 5.69 Å². The van der Waals surface area contributed by atoms with Crippen molar-refractivity contribution in [2.24, 2.45) is 5.73 Å². The number of hydrogen-bond acceptors (Lipinski definition) is 4. The standard InChI is InChI=1S/C15H17N3O2/c1-9-6-14(19)10(2)5-13(9)18-15(20)11-3-4-17-12(7-11)8-16/h3-7,19H,8,16H2,1-2H3,(H,18,20). The summed E-state index contributed by atoms with van der Waals surface area (Å²) in [7, 11) is 0. The molecule has 4 N–H and O–H groups in total. The molecule has 104 valence electrons. The number of phenols is 1. The zero-order chi connectivity index (χ0) is 14.7. The highest BCUT2D eigenvalue weighted by Crippen LogP contribution is 2.25. The predicted octanol–water partition coefficient (Wildman–Crippen LogP) is 2.12. The summed E-state index contributed by atoms with van der Waals surface area (Å²) in [4.78, 5) is 16.2. The third-order valence-corrected chi connectivity index (χ3v) is 3.08. The third-order valence-electron chi connectivity index (χ3n) is 3.08. The number of aryl methyl sites for hydroxylation is 2. The van der Waals surface area contributed by atoms with E-state index < -0.39 is 0 Å². The average molecular weight is 271 g/mol. The molecule has 2 rings (SSSR count). The van der Waals surface area contributed by atoms with Crippen LogP contribution in [-0.4, -0.2) is 16.0 Å². The average Bonchev–Trinajstić information content (AvgIpc) is 2.44. The highest BCUT2D eigenvalue weighted by atomic mass is 16.3. The molecule has 0 radical (unpaired) electrons. The van der Waals surface area contributed by atoms with Gasteiger partial charge < -0.3 is 16.2 Å². The van der Waals surface area contributed by atoms with Crippen LogP contribution in [0.1, 0.15) is 27.2 Å². The maximum atomic E-state index is 12.2. The first-order valence-electron chi connectivity index (χ1n) is 6.28. The van der Waals surface area contributed by atoms with Crippen molar-refractivity contribution in [3.05, 3.63) is 52.8 Å². The van der Waals surface area contributed by atoms with E-state index >= 15 is 0 Å². The smallest absolute Gasteiger partial charge is 0.255 e. The summed E-state index contributed by atoms with van der Waals surface area (Å²) in [6.07, 6.45) is 1.56. The van der Waals surface area contributed by atoms with Crippen LogP contribution in [0.25, 0.3) is 0 Å². The van der Waals surface area contributed by atoms with Crippen molar-refractivity contribution in [2.75, 3.05) is 5.32 Å². The van der Waals surface area contributed by atoms with E-state index in [9.17, 15) is 9.90 Å². The van der Waals surface area contributed by atoms with Crippen LogP contribution < -0.4 is 11.1 Å². The minimum atomic E-state index is -0.227. The zero-order valence-corrected chi connectivity index (χ0v) is 11.5. The number of rotatable bonds is 3. The molecular formula is C15H17N3O2. The summed E-state index contributed by atoms with van der Waals surface area (Å²) < 4.78 is 0. The van der Waals surface area contributed by atoms with Gasteiger partial charge in [0, 0.05) is 24.0 Å². The number of hydrogen-bond donors (Lipinski definition) is 3. The summed E-state index contributed by atoms with van der Waals surface area (Å²) in [6, 6.07) is 6.67. The van der Waals surface area contributed by atoms with Crippen LogP contribution in [0, 0.1) is 13.8 Å². The van der Waals surface area contributed by atoms with Gasteiger partial charge in [0.25, 0.3) is 5.91 Å². The van der Waals surface area contributed by atoms with Crippen molar-refractivity contribution in [3.63, 3.8) is 0 Å². The van der Waals surface area contributed by atoms with E-state index in [1.165, 1.54) is 0 Å². The lowest BCUT2D eigenvalue weighted by molar-refractivity contribution is 0.102. The second-order valence-electron chi connectivity index (χ2n) is 4.65. The predicted molar refractivity (Wildman–Crippen MR) is 77.7 cm³/mol. The molecule has 1 aromatic heterocycles. The van der Waals surface area contributed by atoms with Gasteiger partial charge in [-0.1, -0.05) is 0 Å². The van der Waals surface area contributed by atoms with Crippen LogP contribution in [-0.2, 0) is 6.54 Å². The number of carbonyl (C=O) groups excluding carboxylic acids is 1. The van der Waals surface area contributed by atoms with Crippen LogP contribution in [0.4, 0.5) is 5.69 Å². The Hall–Kier alpha value is -2.40. The first-order chi connectivity index (χ1) is 9.51. The summed E-state index contributed by atoms with van der Waals surface area (Å²) in [6.45, 7) is 3.90. The van der Waals surface area contributed by atoms with Gasteiger partial charge in [-0.15, -0.1) is 0 Å². The largest absolute Gasteiger partial charge is 0.508 e. The van der Waals surface area contributed by atoms with Gasteiger partial charge >= 0.3 is 0 Å². The van der Waals surface area contributed by atoms with Gasteiger partial charge in [-0.3, -0.25) is 9.78 Å². The lowest BCUT2D eigenvalue weighted by Gasteiger charge is -2.11. The molecule has 0 bridgehead atoms. The number of aromatic nitrogens is 1. The van der Waals surface area contributed by atoms with Crippen molar-refractivity contribution in [2.45, 2.75) is 20.4 Å². The molecule has 0 spiro atoms. The zero-order valence-electron chi connectivity index (χ0n) is 11.5. The number of phenolic OH excluding ortho intramolecular Hbond substituents is 1. The van der Waals surface area contributed by atoms with Gasteiger partial charge in [0.1, 0.15) is 5.75 Å². The van der Waals surface area contributed by atoms with E-state index in [2.05, 4.69) is 10.3 Å². The highest BCUT2D eigenvalue weighted by molar-refractivity contribution is 6.04. The number of benzene rings is 1. The van der Waals surface area contributed by atoms with Gasteiger partial charge in [-0.05, 0) is 49.2 Å². The third kappa shape index (κ3) is 2.95. The Balaban J connectivity index is 2.25. The number of nitrogens with one attached hydrogen (secondary N) is 1. The van der Waals surface area contributed by atoms with Crippen LogP contribution in [0.5, 0.6) is 5.75 Å². The van der Waals surface area contributed by atoms with Crippen LogP contribution in [0.15, 0.2) is 30.5 Å². The van der Waals surface area contributed by atoms with Crippen molar-refractivity contribution in [3.8, 4) is 5.75 Å². The molecule has 1 heterocycles. The molecule has 20 heavy (non-hydrogen) atoms. The van der Waals surface area contributed by atoms with Crippen LogP contribution in [0.3, 0.4) is 0 Å². The summed E-state index contributed by atoms with van der Waals surface area (Å²) in [5.74, 6) is -0.00915. The van der Waals surface area contributed by atoms with E-state index in [0.717, 1.165) is 5.56 Å². The minimum absolute atomic E-state index is 0.217. The van der Waals surface area contributed by atoms with Crippen molar-refractivity contribution in [1.82, 2.24) is 4.98 Å². The van der Waals surface area contributed by atoms with E-state index in [0.29, 0.717) is 29.1 Å². The molecule has 0 fully saturated rings. The molecule has 0 unspecified atom stereocenters. The molecule has 5 heteroatoms. The van der Waals surface area contributed by atoms with Crippen molar-refractivity contribution >= 4 is 11.6 Å². The fourth-order valence-electron chi connectivity index (χ4n) is 1.86. The monoisotopic (exact) mass is 271 g/mol. The number of nitrogens with zero attached hydrogens (tertiary/aromatic N) is 1. The summed E-state index contributed by atoms with van der Waals surface area (Å²) in [5, 5.41) is 12.4. The molecule has 0 atom stereocenters. The molecule has 5 nitrogen and oxygen atoms in total. The fraction of sp³-hybridized carbons (Fsp3) is 0.200. The van der Waals surface area contributed by atoms with Gasteiger partial charge in [-0.25, -0.2) is 0 Å². The maximum absolute atomic E-state index is 12.2. The van der Waals surface area contributed by atoms with Gasteiger partial charge in [0.2, 0.25) is 0 Å². The van der Waals surface area contributed by atoms with Gasteiger partial charge in [0.15, 0.2) is 0 Å². The maximum Gasteiger partial charge on any atom is 0.255 e. The SMILES string of the molecule is Cc1cc(NC(=O)c2ccnc(CN)c2)c(C)cc1O. The first-order valence-corrected chi connectivity index (χ1v) is 6.28. The topological polar surface area (TPSA) is 88.2 Å². The number of anilines is 1. The Labute approximate surface area is 117 Å². The minimum Gasteiger partial charge on any atom is -0.508 e. The van der Waals surface area contributed by atoms with E-state index in [4.69, 9.17) is 5.73 Å². The van der Waals surface area contributed by atoms with E-state index in [1.807, 2.05) is 6.92 Å². The Kier molecular flexibility index (Phi) is 4.00. The number of pyridine rings is 1. The molecule has 0 saturated carbocycles. The Bertz CT molecular complexity index is 654. The molecule has 0 aliphatic heterocycles. The van der Waals surface area contributed by atoms with Crippen LogP contribution in [0.2, 0.25) is 0 Å². The molecule has 2 aromatic rings. The first kappa shape index (κ1) is 14.0. The molecule has 0 aliphatic rings. The van der Waals surface area contributed by atoms with Crippen molar-refractivity contribution < 1.29 is 9.90 Å². The second kappa shape index (κ2) is 5.71. The van der Waals surface area contributed by atoms with Crippen LogP contribution >= 0.6 is 0 Å². The highest BCUT2D eigenvalue weighted by Gasteiger charge is 2.10.